The summed E-state index contributed by atoms with van der Waals surface area (Å²) >= 11 is 1.26. The number of hydrogen-bond acceptors (Lipinski definition) is 8. The second kappa shape index (κ2) is 7.76. The van der Waals surface area contributed by atoms with Crippen molar-refractivity contribution < 1.29 is 22.4 Å². The molecule has 5 heterocycles. The van der Waals surface area contributed by atoms with Crippen molar-refractivity contribution in [3.63, 3.8) is 0 Å². The van der Waals surface area contributed by atoms with Gasteiger partial charge in [0.05, 0.1) is 16.7 Å². The van der Waals surface area contributed by atoms with Crippen LogP contribution < -0.4 is 0 Å². The van der Waals surface area contributed by atoms with Crippen LogP contribution in [0.1, 0.15) is 39.7 Å². The highest BCUT2D eigenvalue weighted by atomic mass is 32.1. The molecule has 1 aliphatic rings. The number of fused-ring (bicyclic) bond motifs is 2. The molecule has 14 heteroatoms. The van der Waals surface area contributed by atoms with Gasteiger partial charge in [-0.05, 0) is 18.2 Å². The minimum atomic E-state index is -2.83. The lowest BCUT2D eigenvalue weighted by atomic mass is 10.0. The first-order valence-corrected chi connectivity index (χ1v) is 10.9. The lowest BCUT2D eigenvalue weighted by Crippen LogP contribution is -2.41. The fraction of sp³-hybridized carbons (Fsp3) is 0.200. The minimum Gasteiger partial charge on any atom is -0.411 e. The van der Waals surface area contributed by atoms with Crippen LogP contribution in [0.25, 0.3) is 21.8 Å². The van der Waals surface area contributed by atoms with Crippen molar-refractivity contribution in [3.05, 3.63) is 64.9 Å². The Balaban J connectivity index is 1.37. The Labute approximate surface area is 192 Å². The summed E-state index contributed by atoms with van der Waals surface area (Å²) in [6.45, 7) is -2.54. The van der Waals surface area contributed by atoms with Gasteiger partial charge in [-0.15, -0.1) is 21.5 Å². The predicted molar refractivity (Wildman–Crippen MR) is 112 cm³/mol. The Morgan fingerprint density at radius 1 is 1.26 bits per heavy atom. The van der Waals surface area contributed by atoms with Gasteiger partial charge < -0.3 is 14.3 Å². The number of rotatable bonds is 4. The molecule has 0 saturated carbocycles. The molecule has 4 aromatic heterocycles. The molecule has 1 aliphatic heterocycles. The van der Waals surface area contributed by atoms with E-state index in [4.69, 9.17) is 4.42 Å². The second-order valence-corrected chi connectivity index (χ2v) is 8.49. The number of nitrogens with one attached hydrogen (secondary N) is 1. The van der Waals surface area contributed by atoms with Gasteiger partial charge in [-0.1, -0.05) is 6.07 Å². The number of carbonyl (C=O) groups excluding carboxylic acids is 1. The zero-order chi connectivity index (χ0) is 23.4. The quantitative estimate of drug-likeness (QED) is 0.412. The largest absolute Gasteiger partial charge is 0.411 e. The highest BCUT2D eigenvalue weighted by molar-refractivity contribution is 7.18. The molecule has 0 fully saturated rings. The second-order valence-electron chi connectivity index (χ2n) is 7.43. The van der Waals surface area contributed by atoms with Crippen molar-refractivity contribution in [1.29, 1.82) is 0 Å². The lowest BCUT2D eigenvalue weighted by Gasteiger charge is -2.32. The van der Waals surface area contributed by atoms with Crippen LogP contribution in [-0.2, 0) is 6.42 Å². The number of carbonyl (C=O) groups is 1. The maximum atomic E-state index is 14.3. The van der Waals surface area contributed by atoms with Gasteiger partial charge in [-0.2, -0.15) is 13.9 Å². The van der Waals surface area contributed by atoms with Crippen molar-refractivity contribution in [2.75, 3.05) is 6.54 Å². The number of thiazole rings is 1. The average molecular weight is 486 g/mol. The van der Waals surface area contributed by atoms with Crippen molar-refractivity contribution >= 4 is 27.5 Å². The van der Waals surface area contributed by atoms with Crippen LogP contribution in [0.5, 0.6) is 0 Å². The van der Waals surface area contributed by atoms with Crippen LogP contribution in [0.4, 0.5) is 13.2 Å². The molecular formula is C20H13F3N8O2S. The third-order valence-corrected chi connectivity index (χ3v) is 6.51. The third kappa shape index (κ3) is 3.25. The van der Waals surface area contributed by atoms with E-state index >= 15 is 0 Å². The Morgan fingerprint density at radius 2 is 2.15 bits per heavy atom. The fourth-order valence-electron chi connectivity index (χ4n) is 3.89. The molecule has 1 aromatic carbocycles. The molecule has 0 aliphatic carbocycles. The number of halogens is 3. The van der Waals surface area contributed by atoms with Crippen molar-refractivity contribution in [1.82, 2.24) is 39.8 Å². The van der Waals surface area contributed by atoms with E-state index in [1.807, 2.05) is 0 Å². The number of hydrogen-bond donors (Lipinski definition) is 1. The van der Waals surface area contributed by atoms with Crippen LogP contribution >= 0.6 is 11.3 Å². The van der Waals surface area contributed by atoms with Gasteiger partial charge in [-0.25, -0.2) is 19.0 Å². The Hall–Kier alpha value is -4.07. The number of alkyl halides is 2. The SMILES string of the molecule is O=C(c1nnc(-c2ccn(C(F)F)n2)o1)N1CCc2[nH]cnc2[C@H]1c1nc2c(F)cccc2s1. The van der Waals surface area contributed by atoms with Crippen LogP contribution in [0.3, 0.4) is 0 Å². The Morgan fingerprint density at radius 3 is 2.94 bits per heavy atom. The normalized spacial score (nSPS) is 15.9. The summed E-state index contributed by atoms with van der Waals surface area (Å²) in [6.07, 6.45) is 3.10. The van der Waals surface area contributed by atoms with Crippen LogP contribution in [0.2, 0.25) is 0 Å². The highest BCUT2D eigenvalue weighted by Crippen LogP contribution is 2.38. The van der Waals surface area contributed by atoms with Crippen LogP contribution in [0, 0.1) is 5.82 Å². The standard InChI is InChI=1S/C20H13F3N8O2S/c21-9-2-1-3-12-13(9)26-18(34-12)15-14-10(24-8-25-14)4-6-30(15)19(32)17-28-27-16(33-17)11-5-7-31(29-11)20(22)23/h1-3,5,7-8,15,20H,4,6H2,(H,24,25)/t15-/m0/s1. The average Bonchev–Trinajstić information content (AvgIpc) is 3.62. The number of H-pyrrole nitrogens is 1. The zero-order valence-corrected chi connectivity index (χ0v) is 17.8. The monoisotopic (exact) mass is 486 g/mol. The third-order valence-electron chi connectivity index (χ3n) is 5.44. The molecule has 0 saturated heterocycles. The molecule has 1 atom stereocenters. The molecular weight excluding hydrogens is 473 g/mol. The summed E-state index contributed by atoms with van der Waals surface area (Å²) in [5.41, 5.74) is 1.66. The van der Waals surface area contributed by atoms with Crippen molar-refractivity contribution in [3.8, 4) is 11.6 Å². The van der Waals surface area contributed by atoms with Gasteiger partial charge in [0, 0.05) is 24.9 Å². The van der Waals surface area contributed by atoms with Crippen molar-refractivity contribution in [2.24, 2.45) is 0 Å². The molecule has 5 aromatic rings. The molecule has 1 amide bonds. The molecule has 1 N–H and O–H groups in total. The summed E-state index contributed by atoms with van der Waals surface area (Å²) in [6, 6.07) is 5.25. The number of aromatic nitrogens is 7. The number of imidazole rings is 1. The molecule has 0 spiro atoms. The van der Waals surface area contributed by atoms with E-state index < -0.39 is 24.3 Å². The van der Waals surface area contributed by atoms with Gasteiger partial charge in [0.25, 0.3) is 5.89 Å². The highest BCUT2D eigenvalue weighted by Gasteiger charge is 2.38. The van der Waals surface area contributed by atoms with Crippen molar-refractivity contribution in [2.45, 2.75) is 19.0 Å². The molecule has 0 bridgehead atoms. The van der Waals surface area contributed by atoms with Gasteiger partial charge >= 0.3 is 18.3 Å². The summed E-state index contributed by atoms with van der Waals surface area (Å²) < 4.78 is 46.5. The first-order chi connectivity index (χ1) is 16.5. The van der Waals surface area contributed by atoms with Crippen LogP contribution in [-0.4, -0.2) is 52.3 Å². The fourth-order valence-corrected chi connectivity index (χ4v) is 4.99. The van der Waals surface area contributed by atoms with E-state index in [0.717, 1.165) is 11.9 Å². The van der Waals surface area contributed by atoms with E-state index in [1.165, 1.54) is 34.7 Å². The molecule has 172 valence electrons. The zero-order valence-electron chi connectivity index (χ0n) is 17.0. The number of amides is 1. The van der Waals surface area contributed by atoms with E-state index in [-0.39, 0.29) is 29.5 Å². The molecule has 0 radical (unpaired) electrons. The van der Waals surface area contributed by atoms with Gasteiger partial charge in [-0.3, -0.25) is 4.79 Å². The number of nitrogens with zero attached hydrogens (tertiary/aromatic N) is 7. The number of benzene rings is 1. The Bertz CT molecular complexity index is 1520. The van der Waals surface area contributed by atoms with Gasteiger partial charge in [0.2, 0.25) is 0 Å². The first kappa shape index (κ1) is 20.5. The van der Waals surface area contributed by atoms with E-state index in [9.17, 15) is 18.0 Å². The van der Waals surface area contributed by atoms with Crippen LogP contribution in [0.15, 0.2) is 41.2 Å². The minimum absolute atomic E-state index is 0.0123. The summed E-state index contributed by atoms with van der Waals surface area (Å²) in [5, 5.41) is 11.7. The topological polar surface area (TPSA) is 119 Å². The molecule has 6 rings (SSSR count). The molecule has 0 unspecified atom stereocenters. The maximum absolute atomic E-state index is 14.3. The van der Waals surface area contributed by atoms with E-state index in [1.54, 1.807) is 12.1 Å². The van der Waals surface area contributed by atoms with Gasteiger partial charge in [0.15, 0.2) is 0 Å². The summed E-state index contributed by atoms with van der Waals surface area (Å²) in [4.78, 5) is 26.8. The first-order valence-electron chi connectivity index (χ1n) is 10.0. The smallest absolute Gasteiger partial charge is 0.333 e. The number of aromatic amines is 1. The van der Waals surface area contributed by atoms with E-state index in [0.29, 0.717) is 26.5 Å². The maximum Gasteiger partial charge on any atom is 0.333 e. The van der Waals surface area contributed by atoms with E-state index in [2.05, 4.69) is 30.2 Å². The number of para-hydroxylation sites is 1. The summed E-state index contributed by atoms with van der Waals surface area (Å²) in [7, 11) is 0. The Kier molecular flexibility index (Phi) is 4.69. The lowest BCUT2D eigenvalue weighted by molar-refractivity contribution is 0.0567. The molecule has 10 nitrogen and oxygen atoms in total. The van der Waals surface area contributed by atoms with Gasteiger partial charge in [0.1, 0.15) is 28.1 Å². The summed E-state index contributed by atoms with van der Waals surface area (Å²) in [5.74, 6) is -1.55. The molecule has 34 heavy (non-hydrogen) atoms. The predicted octanol–water partition coefficient (Wildman–Crippen LogP) is 3.59.